The Balaban J connectivity index is 1.55. The Kier molecular flexibility index (Phi) is 5.76. The molecule has 1 aromatic heterocycles. The van der Waals surface area contributed by atoms with Crippen LogP contribution in [0.15, 0.2) is 66.7 Å². The zero-order valence-corrected chi connectivity index (χ0v) is 19.4. The zero-order chi connectivity index (χ0) is 23.7. The van der Waals surface area contributed by atoms with Crippen molar-refractivity contribution < 1.29 is 19.0 Å². The molecule has 174 valence electrons. The van der Waals surface area contributed by atoms with Crippen LogP contribution in [0, 0.1) is 0 Å². The minimum atomic E-state index is -0.272. The second-order valence-corrected chi connectivity index (χ2v) is 8.21. The van der Waals surface area contributed by atoms with Gasteiger partial charge in [-0.1, -0.05) is 12.1 Å². The summed E-state index contributed by atoms with van der Waals surface area (Å²) in [6.45, 7) is 0.579. The van der Waals surface area contributed by atoms with E-state index >= 15 is 0 Å². The number of benzene rings is 3. The molecule has 2 amide bonds. The molecule has 1 atom stereocenters. The predicted molar refractivity (Wildman–Crippen MR) is 132 cm³/mol. The van der Waals surface area contributed by atoms with E-state index in [0.29, 0.717) is 12.2 Å². The van der Waals surface area contributed by atoms with E-state index in [9.17, 15) is 4.79 Å². The molecule has 0 bridgehead atoms. The van der Waals surface area contributed by atoms with Gasteiger partial charge in [-0.05, 0) is 72.1 Å². The number of ether oxygens (including phenoxy) is 3. The number of carbonyl (C=O) groups excluding carboxylic acids is 1. The number of hydrogen-bond donors (Lipinski definition) is 2. The van der Waals surface area contributed by atoms with Gasteiger partial charge in [0.15, 0.2) is 0 Å². The van der Waals surface area contributed by atoms with Gasteiger partial charge in [0, 0.05) is 28.8 Å². The molecular weight excluding hydrogens is 430 g/mol. The predicted octanol–water partition coefficient (Wildman–Crippen LogP) is 5.37. The normalized spacial score (nSPS) is 15.0. The summed E-state index contributed by atoms with van der Waals surface area (Å²) in [5.41, 5.74) is 4.98. The number of aromatic amines is 1. The van der Waals surface area contributed by atoms with Crippen molar-refractivity contribution in [3.63, 3.8) is 0 Å². The zero-order valence-electron chi connectivity index (χ0n) is 19.4. The van der Waals surface area contributed by atoms with Crippen LogP contribution in [-0.2, 0) is 6.42 Å². The molecule has 0 saturated carbocycles. The van der Waals surface area contributed by atoms with Gasteiger partial charge < -0.3 is 29.4 Å². The summed E-state index contributed by atoms with van der Waals surface area (Å²) in [4.78, 5) is 18.9. The van der Waals surface area contributed by atoms with Gasteiger partial charge in [-0.25, -0.2) is 4.79 Å². The third kappa shape index (κ3) is 3.90. The highest BCUT2D eigenvalue weighted by Gasteiger charge is 2.34. The van der Waals surface area contributed by atoms with E-state index in [0.717, 1.165) is 45.8 Å². The Morgan fingerprint density at radius 1 is 0.882 bits per heavy atom. The van der Waals surface area contributed by atoms with E-state index in [-0.39, 0.29) is 12.1 Å². The van der Waals surface area contributed by atoms with Crippen LogP contribution in [0.1, 0.15) is 22.9 Å². The minimum Gasteiger partial charge on any atom is -0.497 e. The fourth-order valence-corrected chi connectivity index (χ4v) is 4.62. The Hall–Kier alpha value is -4.13. The average molecular weight is 458 g/mol. The lowest BCUT2D eigenvalue weighted by molar-refractivity contribution is 0.193. The molecule has 5 rings (SSSR count). The number of amides is 2. The lowest BCUT2D eigenvalue weighted by Gasteiger charge is -2.36. The van der Waals surface area contributed by atoms with Crippen LogP contribution in [0.2, 0.25) is 0 Å². The van der Waals surface area contributed by atoms with Crippen LogP contribution in [0.25, 0.3) is 10.9 Å². The first-order valence-corrected chi connectivity index (χ1v) is 11.2. The fourth-order valence-electron chi connectivity index (χ4n) is 4.62. The van der Waals surface area contributed by atoms with Gasteiger partial charge in [-0.3, -0.25) is 0 Å². The molecule has 34 heavy (non-hydrogen) atoms. The molecule has 7 heteroatoms. The fraction of sp³-hybridized carbons (Fsp3) is 0.222. The Labute approximate surface area is 198 Å². The molecule has 0 spiro atoms. The minimum absolute atomic E-state index is 0.159. The lowest BCUT2D eigenvalue weighted by Crippen LogP contribution is -2.43. The van der Waals surface area contributed by atoms with Crippen LogP contribution in [0.5, 0.6) is 17.2 Å². The highest BCUT2D eigenvalue weighted by molar-refractivity contribution is 5.92. The molecule has 7 nitrogen and oxygen atoms in total. The van der Waals surface area contributed by atoms with E-state index in [4.69, 9.17) is 14.2 Å². The number of fused-ring (bicyclic) bond motifs is 3. The van der Waals surface area contributed by atoms with Gasteiger partial charge in [0.2, 0.25) is 0 Å². The van der Waals surface area contributed by atoms with Crippen LogP contribution >= 0.6 is 0 Å². The van der Waals surface area contributed by atoms with E-state index in [2.05, 4.69) is 16.4 Å². The van der Waals surface area contributed by atoms with Crippen molar-refractivity contribution in [2.24, 2.45) is 0 Å². The highest BCUT2D eigenvalue weighted by atomic mass is 16.5. The number of anilines is 1. The van der Waals surface area contributed by atoms with Crippen LogP contribution in [0.4, 0.5) is 10.5 Å². The second kappa shape index (κ2) is 9.02. The number of urea groups is 1. The first-order valence-electron chi connectivity index (χ1n) is 11.2. The summed E-state index contributed by atoms with van der Waals surface area (Å²) in [5.74, 6) is 2.33. The van der Waals surface area contributed by atoms with Crippen molar-refractivity contribution in [3.8, 4) is 17.2 Å². The number of nitrogens with one attached hydrogen (secondary N) is 2. The van der Waals surface area contributed by atoms with Crippen LogP contribution in [0.3, 0.4) is 0 Å². The number of hydrogen-bond acceptors (Lipinski definition) is 4. The van der Waals surface area contributed by atoms with Crippen molar-refractivity contribution in [3.05, 3.63) is 83.6 Å². The molecule has 0 saturated heterocycles. The Bertz CT molecular complexity index is 1310. The van der Waals surface area contributed by atoms with E-state index in [1.54, 1.807) is 21.3 Å². The highest BCUT2D eigenvalue weighted by Crippen LogP contribution is 2.40. The van der Waals surface area contributed by atoms with Crippen molar-refractivity contribution in [1.82, 2.24) is 9.88 Å². The van der Waals surface area contributed by atoms with Gasteiger partial charge in [-0.2, -0.15) is 0 Å². The monoisotopic (exact) mass is 457 g/mol. The summed E-state index contributed by atoms with van der Waals surface area (Å²) in [6, 6.07) is 20.8. The number of aromatic nitrogens is 1. The van der Waals surface area contributed by atoms with E-state index < -0.39 is 0 Å². The Morgan fingerprint density at radius 3 is 2.15 bits per heavy atom. The number of H-pyrrole nitrogens is 1. The van der Waals surface area contributed by atoms with Crippen LogP contribution in [-0.4, -0.2) is 43.8 Å². The Morgan fingerprint density at radius 2 is 1.50 bits per heavy atom. The smallest absolute Gasteiger partial charge is 0.322 e. The number of methoxy groups -OCH3 is 3. The topological polar surface area (TPSA) is 75.8 Å². The molecule has 1 unspecified atom stereocenters. The molecule has 2 heterocycles. The summed E-state index contributed by atoms with van der Waals surface area (Å²) in [6.07, 6.45) is 0.741. The molecular formula is C27H27N3O4. The molecule has 3 aromatic carbocycles. The lowest BCUT2D eigenvalue weighted by atomic mass is 9.92. The van der Waals surface area contributed by atoms with Gasteiger partial charge in [0.25, 0.3) is 0 Å². The van der Waals surface area contributed by atoms with Gasteiger partial charge in [-0.15, -0.1) is 0 Å². The summed E-state index contributed by atoms with van der Waals surface area (Å²) in [7, 11) is 4.94. The maximum atomic E-state index is 13.5. The van der Waals surface area contributed by atoms with Gasteiger partial charge >= 0.3 is 6.03 Å². The van der Waals surface area contributed by atoms with Gasteiger partial charge in [0.05, 0.1) is 27.4 Å². The first kappa shape index (κ1) is 21.7. The summed E-state index contributed by atoms with van der Waals surface area (Å²) >= 11 is 0. The molecule has 4 aromatic rings. The summed E-state index contributed by atoms with van der Waals surface area (Å²) in [5, 5.41) is 4.17. The van der Waals surface area contributed by atoms with E-state index in [1.807, 2.05) is 65.6 Å². The van der Waals surface area contributed by atoms with Crippen molar-refractivity contribution >= 4 is 22.6 Å². The maximum absolute atomic E-state index is 13.5. The maximum Gasteiger partial charge on any atom is 0.322 e. The third-order valence-corrected chi connectivity index (χ3v) is 6.37. The molecule has 2 N–H and O–H groups in total. The number of carbonyl (C=O) groups is 1. The standard InChI is InChI=1S/C27H27N3O4/c1-32-19-8-4-17(5-9-19)26-25-22(23-16-21(34-3)12-13-24(23)29-25)14-15-30(26)27(31)28-18-6-10-20(33-2)11-7-18/h4-13,16,26,29H,14-15H2,1-3H3,(H,28,31). The number of rotatable bonds is 5. The average Bonchev–Trinajstić information content (AvgIpc) is 3.26. The second-order valence-electron chi connectivity index (χ2n) is 8.21. The molecule has 0 aliphatic carbocycles. The molecule has 0 radical (unpaired) electrons. The van der Waals surface area contributed by atoms with Crippen molar-refractivity contribution in [1.29, 1.82) is 0 Å². The molecule has 1 aliphatic heterocycles. The quantitative estimate of drug-likeness (QED) is 0.422. The summed E-state index contributed by atoms with van der Waals surface area (Å²) < 4.78 is 16.0. The van der Waals surface area contributed by atoms with Crippen LogP contribution < -0.4 is 19.5 Å². The van der Waals surface area contributed by atoms with Crippen molar-refractivity contribution in [2.45, 2.75) is 12.5 Å². The first-order chi connectivity index (χ1) is 16.6. The number of nitrogens with zero attached hydrogens (tertiary/aromatic N) is 1. The van der Waals surface area contributed by atoms with Crippen molar-refractivity contribution in [2.75, 3.05) is 33.2 Å². The molecule has 0 fully saturated rings. The SMILES string of the molecule is COc1ccc(NC(=O)N2CCc3c([nH]c4ccc(OC)cc34)C2c2ccc(OC)cc2)cc1. The van der Waals surface area contributed by atoms with E-state index in [1.165, 1.54) is 5.56 Å². The third-order valence-electron chi connectivity index (χ3n) is 6.37. The largest absolute Gasteiger partial charge is 0.497 e. The van der Waals surface area contributed by atoms with Gasteiger partial charge in [0.1, 0.15) is 17.2 Å². The molecule has 1 aliphatic rings.